The molecule has 0 aliphatic heterocycles. The lowest BCUT2D eigenvalue weighted by molar-refractivity contribution is -0.0435. The number of anilines is 1. The number of nitrogens with one attached hydrogen (secondary N) is 1. The van der Waals surface area contributed by atoms with Gasteiger partial charge in [0.2, 0.25) is 0 Å². The highest BCUT2D eigenvalue weighted by Crippen LogP contribution is 2.34. The van der Waals surface area contributed by atoms with E-state index in [2.05, 4.69) is 5.32 Å². The second kappa shape index (κ2) is 5.94. The molecular formula is C10H11F4NO4S. The topological polar surface area (TPSA) is 86.6 Å². The zero-order valence-corrected chi connectivity index (χ0v) is 10.7. The van der Waals surface area contributed by atoms with Gasteiger partial charge in [-0.15, -0.1) is 0 Å². The number of rotatable bonds is 5. The summed E-state index contributed by atoms with van der Waals surface area (Å²) in [5.74, 6) is -1.16. The molecule has 3 N–H and O–H groups in total. The Balaban J connectivity index is 3.35. The Morgan fingerprint density at radius 1 is 1.20 bits per heavy atom. The quantitative estimate of drug-likeness (QED) is 0.702. The molecule has 0 aliphatic carbocycles. The lowest BCUT2D eigenvalue weighted by Crippen LogP contribution is -2.30. The lowest BCUT2D eigenvalue weighted by Gasteiger charge is -2.18. The Hall–Kier alpha value is -1.39. The van der Waals surface area contributed by atoms with Crippen molar-refractivity contribution < 1.29 is 36.2 Å². The molecule has 0 radical (unpaired) electrons. The molecule has 0 fully saturated rings. The van der Waals surface area contributed by atoms with Crippen LogP contribution in [0.2, 0.25) is 0 Å². The van der Waals surface area contributed by atoms with Gasteiger partial charge in [-0.3, -0.25) is 0 Å². The lowest BCUT2D eigenvalue weighted by atomic mass is 10.2. The summed E-state index contributed by atoms with van der Waals surface area (Å²) in [5, 5.41) is 19.9. The Kier molecular flexibility index (Phi) is 4.95. The first-order chi connectivity index (χ1) is 9.13. The fraction of sp³-hybridized carbons (Fsp3) is 0.400. The predicted molar refractivity (Wildman–Crippen MR) is 61.2 cm³/mol. The van der Waals surface area contributed by atoms with Crippen LogP contribution >= 0.6 is 0 Å². The summed E-state index contributed by atoms with van der Waals surface area (Å²) in [6.45, 7) is -1.31. The molecule has 0 aromatic heterocycles. The molecular weight excluding hydrogens is 306 g/mol. The second-order valence-electron chi connectivity index (χ2n) is 3.80. The molecule has 0 atom stereocenters. The first-order valence-corrected chi connectivity index (χ1v) is 6.71. The van der Waals surface area contributed by atoms with Gasteiger partial charge in [0.1, 0.15) is 10.7 Å². The highest BCUT2D eigenvalue weighted by molar-refractivity contribution is 7.92. The van der Waals surface area contributed by atoms with Crippen molar-refractivity contribution in [2.45, 2.75) is 16.4 Å². The zero-order valence-electron chi connectivity index (χ0n) is 9.85. The molecule has 0 bridgehead atoms. The van der Waals surface area contributed by atoms with Crippen molar-refractivity contribution in [2.75, 3.05) is 18.5 Å². The molecule has 0 aliphatic rings. The van der Waals surface area contributed by atoms with Crippen molar-refractivity contribution in [3.8, 4) is 0 Å². The van der Waals surface area contributed by atoms with E-state index in [1.54, 1.807) is 0 Å². The minimum Gasteiger partial charge on any atom is -0.394 e. The summed E-state index contributed by atoms with van der Waals surface area (Å²) in [4.78, 5) is -1.31. The highest BCUT2D eigenvalue weighted by Gasteiger charge is 2.48. The third-order valence-electron chi connectivity index (χ3n) is 2.34. The molecule has 1 rings (SSSR count). The third kappa shape index (κ3) is 3.38. The van der Waals surface area contributed by atoms with Gasteiger partial charge in [-0.1, -0.05) is 0 Å². The number of hydrogen-bond acceptors (Lipinski definition) is 5. The summed E-state index contributed by atoms with van der Waals surface area (Å²) in [6, 6.07) is 0.676. The molecule has 10 heteroatoms. The average Bonchev–Trinajstić information content (AvgIpc) is 2.35. The van der Waals surface area contributed by atoms with Gasteiger partial charge in [0.25, 0.3) is 9.84 Å². The number of aliphatic hydroxyl groups excluding tert-OH is 2. The normalized spacial score (nSPS) is 12.8. The molecule has 0 spiro atoms. The molecule has 0 saturated heterocycles. The van der Waals surface area contributed by atoms with E-state index in [1.807, 2.05) is 0 Å². The second-order valence-corrected chi connectivity index (χ2v) is 5.71. The molecule has 0 heterocycles. The van der Waals surface area contributed by atoms with Gasteiger partial charge in [0, 0.05) is 0 Å². The standard InChI is InChI=1S/C10H11F4NO4S/c11-6-1-2-8(15-7(4-16)5-17)9(3-6)20(18,19)10(12,13)14/h1-3,7,15-17H,4-5H2. The minimum atomic E-state index is -5.76. The van der Waals surface area contributed by atoms with Gasteiger partial charge < -0.3 is 15.5 Å². The van der Waals surface area contributed by atoms with E-state index < -0.39 is 51.0 Å². The largest absolute Gasteiger partial charge is 0.501 e. The van der Waals surface area contributed by atoms with Gasteiger partial charge in [0.15, 0.2) is 0 Å². The summed E-state index contributed by atoms with van der Waals surface area (Å²) >= 11 is 0. The van der Waals surface area contributed by atoms with E-state index in [4.69, 9.17) is 10.2 Å². The van der Waals surface area contributed by atoms with Crippen LogP contribution in [0.3, 0.4) is 0 Å². The van der Waals surface area contributed by atoms with E-state index in [0.29, 0.717) is 0 Å². The summed E-state index contributed by atoms with van der Waals surface area (Å²) in [7, 11) is -5.76. The summed E-state index contributed by atoms with van der Waals surface area (Å²) in [5.41, 5.74) is -6.15. The number of halogens is 4. The Morgan fingerprint density at radius 3 is 2.20 bits per heavy atom. The van der Waals surface area contributed by atoms with E-state index >= 15 is 0 Å². The van der Waals surface area contributed by atoms with Crippen LogP contribution in [-0.4, -0.2) is 43.4 Å². The molecule has 0 amide bonds. The maximum Gasteiger partial charge on any atom is 0.501 e. The molecule has 5 nitrogen and oxygen atoms in total. The highest BCUT2D eigenvalue weighted by atomic mass is 32.2. The van der Waals surface area contributed by atoms with Crippen molar-refractivity contribution in [1.29, 1.82) is 0 Å². The fourth-order valence-corrected chi connectivity index (χ4v) is 2.26. The summed E-state index contributed by atoms with van der Waals surface area (Å²) < 4.78 is 73.2. The van der Waals surface area contributed by atoms with Gasteiger partial charge >= 0.3 is 5.51 Å². The van der Waals surface area contributed by atoms with Gasteiger partial charge in [-0.2, -0.15) is 13.2 Å². The van der Waals surface area contributed by atoms with Crippen molar-refractivity contribution >= 4 is 15.5 Å². The van der Waals surface area contributed by atoms with Gasteiger partial charge in [-0.25, -0.2) is 12.8 Å². The van der Waals surface area contributed by atoms with Gasteiger partial charge in [-0.05, 0) is 18.2 Å². The van der Waals surface area contributed by atoms with Crippen LogP contribution in [0.1, 0.15) is 0 Å². The number of hydrogen-bond donors (Lipinski definition) is 3. The Bertz CT molecular complexity index is 569. The third-order valence-corrected chi connectivity index (χ3v) is 3.86. The summed E-state index contributed by atoms with van der Waals surface area (Å²) in [6.07, 6.45) is 0. The molecule has 1 aromatic rings. The SMILES string of the molecule is O=S(=O)(c1cc(F)ccc1NC(CO)CO)C(F)(F)F. The van der Waals surface area contributed by atoms with E-state index in [1.165, 1.54) is 0 Å². The van der Waals surface area contributed by atoms with Crippen LogP contribution in [0, 0.1) is 5.82 Å². The van der Waals surface area contributed by atoms with Gasteiger partial charge in [0.05, 0.1) is 24.9 Å². The maximum absolute atomic E-state index is 13.0. The smallest absolute Gasteiger partial charge is 0.394 e. The molecule has 1 aromatic carbocycles. The molecule has 0 unspecified atom stereocenters. The molecule has 114 valence electrons. The number of alkyl halides is 3. The van der Waals surface area contributed by atoms with E-state index in [-0.39, 0.29) is 6.07 Å². The predicted octanol–water partition coefficient (Wildman–Crippen LogP) is 0.884. The molecule has 20 heavy (non-hydrogen) atoms. The fourth-order valence-electron chi connectivity index (χ4n) is 1.33. The number of aliphatic hydroxyl groups is 2. The van der Waals surface area contributed by atoms with Crippen molar-refractivity contribution in [1.82, 2.24) is 0 Å². The van der Waals surface area contributed by atoms with Crippen molar-refractivity contribution in [3.05, 3.63) is 24.0 Å². The van der Waals surface area contributed by atoms with Crippen molar-refractivity contribution in [3.63, 3.8) is 0 Å². The zero-order chi connectivity index (χ0) is 15.6. The minimum absolute atomic E-state index is 0.219. The number of benzene rings is 1. The Morgan fingerprint density at radius 2 is 1.75 bits per heavy atom. The van der Waals surface area contributed by atoms with E-state index in [0.717, 1.165) is 12.1 Å². The molecule has 0 saturated carbocycles. The van der Waals surface area contributed by atoms with Crippen LogP contribution in [0.25, 0.3) is 0 Å². The number of sulfone groups is 1. The van der Waals surface area contributed by atoms with Crippen LogP contribution in [0.5, 0.6) is 0 Å². The first kappa shape index (κ1) is 16.7. The van der Waals surface area contributed by atoms with Crippen LogP contribution < -0.4 is 5.32 Å². The van der Waals surface area contributed by atoms with Crippen LogP contribution in [-0.2, 0) is 9.84 Å². The average molecular weight is 317 g/mol. The van der Waals surface area contributed by atoms with E-state index in [9.17, 15) is 26.0 Å². The van der Waals surface area contributed by atoms with Crippen LogP contribution in [0.15, 0.2) is 23.1 Å². The van der Waals surface area contributed by atoms with Crippen molar-refractivity contribution in [2.24, 2.45) is 0 Å². The van der Waals surface area contributed by atoms with Crippen LogP contribution in [0.4, 0.5) is 23.2 Å². The maximum atomic E-state index is 13.0. The monoisotopic (exact) mass is 317 g/mol. The first-order valence-electron chi connectivity index (χ1n) is 5.22. The Labute approximate surface area is 111 Å².